The molecule has 3 heterocycles. The first-order valence-electron chi connectivity index (χ1n) is 16.2. The van der Waals surface area contributed by atoms with Crippen molar-refractivity contribution in [1.82, 2.24) is 30.0 Å². The fourth-order valence-corrected chi connectivity index (χ4v) is 5.33. The number of carbonyl (C=O) groups excluding carboxylic acids is 1. The number of benzene rings is 2. The van der Waals surface area contributed by atoms with E-state index in [4.69, 9.17) is 9.15 Å². The Morgan fingerprint density at radius 2 is 1.80 bits per heavy atom. The number of halogens is 3. The second-order valence-corrected chi connectivity index (χ2v) is 13.7. The first-order chi connectivity index (χ1) is 23.9. The molecular formula is C36H39F3N8O4. The molecule has 0 bridgehead atoms. The van der Waals surface area contributed by atoms with Crippen LogP contribution in [-0.4, -0.2) is 60.2 Å². The van der Waals surface area contributed by atoms with Gasteiger partial charge in [0.05, 0.1) is 11.7 Å². The summed E-state index contributed by atoms with van der Waals surface area (Å²) in [5.41, 5.74) is -1.27. The molecular weight excluding hydrogens is 665 g/mol. The Hall–Kier alpha value is -5.33. The van der Waals surface area contributed by atoms with E-state index in [1.54, 1.807) is 64.7 Å². The maximum atomic E-state index is 14.4. The second-order valence-electron chi connectivity index (χ2n) is 13.7. The monoisotopic (exact) mass is 704 g/mol. The number of alkyl halides is 3. The summed E-state index contributed by atoms with van der Waals surface area (Å²) in [4.78, 5) is 24.0. The highest BCUT2D eigenvalue weighted by Crippen LogP contribution is 2.39. The molecule has 0 spiro atoms. The van der Waals surface area contributed by atoms with E-state index in [0.717, 1.165) is 6.07 Å². The number of ether oxygens (including phenoxy) is 1. The van der Waals surface area contributed by atoms with E-state index in [9.17, 15) is 28.3 Å². The van der Waals surface area contributed by atoms with Gasteiger partial charge in [-0.3, -0.25) is 4.90 Å². The molecule has 3 aromatic heterocycles. The quantitative estimate of drug-likeness (QED) is 0.134. The zero-order valence-electron chi connectivity index (χ0n) is 29.2. The molecule has 268 valence electrons. The number of anilines is 1. The van der Waals surface area contributed by atoms with Crippen LogP contribution in [-0.2, 0) is 24.5 Å². The Kier molecular flexibility index (Phi) is 10.5. The molecule has 5 rings (SSSR count). The van der Waals surface area contributed by atoms with E-state index in [2.05, 4.69) is 31.6 Å². The molecule has 0 fully saturated rings. The van der Waals surface area contributed by atoms with Crippen LogP contribution in [0.4, 0.5) is 23.8 Å². The fourth-order valence-electron chi connectivity index (χ4n) is 5.33. The minimum atomic E-state index is -4.77. The maximum Gasteiger partial charge on any atom is 0.420 e. The van der Waals surface area contributed by atoms with Gasteiger partial charge >= 0.3 is 12.3 Å². The van der Waals surface area contributed by atoms with Crippen molar-refractivity contribution in [2.45, 2.75) is 71.4 Å². The van der Waals surface area contributed by atoms with Gasteiger partial charge in [-0.05, 0) is 82.0 Å². The number of nitrogens with zero attached hydrogens (tertiary/aromatic N) is 7. The number of amides is 1. The Morgan fingerprint density at radius 3 is 2.43 bits per heavy atom. The summed E-state index contributed by atoms with van der Waals surface area (Å²) >= 11 is 0. The van der Waals surface area contributed by atoms with E-state index >= 15 is 0 Å². The number of fused-ring (bicyclic) bond motifs is 1. The largest absolute Gasteiger partial charge is 0.443 e. The number of nitrogens with one attached hydrogen (secondary N) is 1. The minimum absolute atomic E-state index is 0.0372. The molecule has 0 aliphatic rings. The first kappa shape index (κ1) is 36.9. The number of aromatic nitrogens is 5. The zero-order chi connectivity index (χ0) is 37.1. The summed E-state index contributed by atoms with van der Waals surface area (Å²) in [6.45, 7) is 8.58. The van der Waals surface area contributed by atoms with E-state index in [0.29, 0.717) is 28.9 Å². The molecule has 0 atom stereocenters. The van der Waals surface area contributed by atoms with Crippen molar-refractivity contribution in [3.8, 4) is 40.2 Å². The highest BCUT2D eigenvalue weighted by Gasteiger charge is 2.36. The van der Waals surface area contributed by atoms with Crippen molar-refractivity contribution in [3.05, 3.63) is 66.0 Å². The van der Waals surface area contributed by atoms with E-state index in [1.807, 2.05) is 24.3 Å². The molecule has 0 saturated heterocycles. The van der Waals surface area contributed by atoms with Crippen molar-refractivity contribution >= 4 is 23.0 Å². The molecule has 0 saturated carbocycles. The lowest BCUT2D eigenvalue weighted by atomic mass is 9.99. The average molecular weight is 705 g/mol. The molecule has 1 amide bonds. The molecule has 0 radical (unpaired) electrons. The molecule has 12 nitrogen and oxygen atoms in total. The van der Waals surface area contributed by atoms with Crippen molar-refractivity contribution in [3.63, 3.8) is 0 Å². The lowest BCUT2D eigenvalue weighted by molar-refractivity contribution is -0.136. The summed E-state index contributed by atoms with van der Waals surface area (Å²) in [5, 5.41) is 30.5. The Balaban J connectivity index is 1.71. The van der Waals surface area contributed by atoms with Gasteiger partial charge in [0, 0.05) is 38.7 Å². The Bertz CT molecular complexity index is 2070. The van der Waals surface area contributed by atoms with Crippen LogP contribution < -0.4 is 10.2 Å². The Labute approximate surface area is 292 Å². The molecule has 0 aliphatic carbocycles. The van der Waals surface area contributed by atoms with Crippen LogP contribution in [0.5, 0.6) is 0 Å². The number of hydrogen-bond donors (Lipinski definition) is 2. The van der Waals surface area contributed by atoms with Gasteiger partial charge in [-0.15, -0.1) is 10.2 Å². The summed E-state index contributed by atoms with van der Waals surface area (Å²) in [5.74, 6) is 0.445. The molecule has 0 unspecified atom stereocenters. The van der Waals surface area contributed by atoms with Crippen LogP contribution in [0.3, 0.4) is 0 Å². The number of hydrogen-bond acceptors (Lipinski definition) is 10. The number of rotatable bonds is 11. The average Bonchev–Trinajstić information content (AvgIpc) is 3.66. The lowest BCUT2D eigenvalue weighted by Crippen LogP contribution is -2.38. The number of aryl methyl sites for hydroxylation is 1. The first-order valence-corrected chi connectivity index (χ1v) is 16.2. The van der Waals surface area contributed by atoms with Crippen LogP contribution in [0.25, 0.3) is 45.2 Å². The van der Waals surface area contributed by atoms with Crippen molar-refractivity contribution in [1.29, 1.82) is 5.26 Å². The van der Waals surface area contributed by atoms with E-state index < -0.39 is 34.6 Å². The van der Waals surface area contributed by atoms with Gasteiger partial charge in [0.25, 0.3) is 0 Å². The van der Waals surface area contributed by atoms with Gasteiger partial charge in [0.15, 0.2) is 11.4 Å². The standard InChI is InChI=1S/C36H39F3N8O4/c1-34(2,3)51-33(48)47(14-10-9-13-40)29-18-23(24-11-7-8-12-25(24)31-45-42-21-46(31)6)17-28(43-29)32-44-27-16-22(19-41-20-35(4,5)49)15-26(30(27)50-32)36(37,38)39/h7-8,11-12,15-18,21,41,49H,9-10,14,19-20H2,1-6H3. The number of pyridine rings is 1. The molecule has 51 heavy (non-hydrogen) atoms. The molecule has 5 aromatic rings. The smallest absolute Gasteiger partial charge is 0.420 e. The number of oxazole rings is 1. The van der Waals surface area contributed by atoms with Gasteiger partial charge in [-0.2, -0.15) is 18.4 Å². The highest BCUT2D eigenvalue weighted by atomic mass is 19.4. The normalized spacial score (nSPS) is 12.3. The third-order valence-corrected chi connectivity index (χ3v) is 7.52. The SMILES string of the molecule is Cn1cnnc1-c1ccccc1-c1cc(-c2nc3cc(CNCC(C)(C)O)cc(C(F)(F)F)c3o2)nc(N(CCCC#N)C(=O)OC(C)(C)C)c1. The summed E-state index contributed by atoms with van der Waals surface area (Å²) in [7, 11) is 1.79. The number of unbranched alkanes of at least 4 members (excludes halogenated alkanes) is 1. The number of carbonyl (C=O) groups is 1. The van der Waals surface area contributed by atoms with Gasteiger partial charge in [0.1, 0.15) is 34.5 Å². The Morgan fingerprint density at radius 1 is 1.08 bits per heavy atom. The van der Waals surface area contributed by atoms with E-state index in [-0.39, 0.29) is 54.5 Å². The van der Waals surface area contributed by atoms with Crippen LogP contribution in [0.15, 0.2) is 59.3 Å². The predicted octanol–water partition coefficient (Wildman–Crippen LogP) is 7.28. The van der Waals surface area contributed by atoms with Crippen molar-refractivity contribution < 1.29 is 32.2 Å². The fraction of sp³-hybridized carbons (Fsp3) is 0.389. The summed E-state index contributed by atoms with van der Waals surface area (Å²) < 4.78 is 56.5. The zero-order valence-corrected chi connectivity index (χ0v) is 29.2. The van der Waals surface area contributed by atoms with Crippen molar-refractivity contribution in [2.24, 2.45) is 7.05 Å². The van der Waals surface area contributed by atoms with E-state index in [1.165, 1.54) is 11.0 Å². The maximum absolute atomic E-state index is 14.4. The van der Waals surface area contributed by atoms with Crippen molar-refractivity contribution in [2.75, 3.05) is 18.0 Å². The van der Waals surface area contributed by atoms with Gasteiger partial charge in [-0.1, -0.05) is 24.3 Å². The predicted molar refractivity (Wildman–Crippen MR) is 184 cm³/mol. The summed E-state index contributed by atoms with van der Waals surface area (Å²) in [6.07, 6.45) is -3.49. The topological polar surface area (TPSA) is 155 Å². The number of nitriles is 1. The van der Waals surface area contributed by atoms with Gasteiger partial charge < -0.3 is 24.1 Å². The third kappa shape index (κ3) is 9.07. The number of aliphatic hydroxyl groups is 1. The van der Waals surface area contributed by atoms with Gasteiger partial charge in [0.2, 0.25) is 5.89 Å². The van der Waals surface area contributed by atoms with Crippen LogP contribution in [0.2, 0.25) is 0 Å². The second kappa shape index (κ2) is 14.5. The molecule has 2 aromatic carbocycles. The summed E-state index contributed by atoms with van der Waals surface area (Å²) in [6, 6.07) is 15.1. The van der Waals surface area contributed by atoms with Crippen LogP contribution in [0, 0.1) is 11.3 Å². The lowest BCUT2D eigenvalue weighted by Gasteiger charge is -2.27. The minimum Gasteiger partial charge on any atom is -0.443 e. The third-order valence-electron chi connectivity index (χ3n) is 7.52. The molecule has 0 aliphatic heterocycles. The molecule has 15 heteroatoms. The van der Waals surface area contributed by atoms with Crippen LogP contribution in [0.1, 0.15) is 58.6 Å². The van der Waals surface area contributed by atoms with Crippen LogP contribution >= 0.6 is 0 Å². The van der Waals surface area contributed by atoms with Gasteiger partial charge in [-0.25, -0.2) is 14.8 Å². The highest BCUT2D eigenvalue weighted by molar-refractivity contribution is 5.90. The molecule has 2 N–H and O–H groups in total.